The van der Waals surface area contributed by atoms with Gasteiger partial charge in [0.05, 0.1) is 18.8 Å². The molecule has 2 amide bonds. The minimum Gasteiger partial charge on any atom is -0.391 e. The third-order valence-corrected chi connectivity index (χ3v) is 3.04. The topological polar surface area (TPSA) is 70.6 Å². The van der Waals surface area contributed by atoms with Crippen molar-refractivity contribution in [3.8, 4) is 0 Å². The van der Waals surface area contributed by atoms with Gasteiger partial charge in [-0.15, -0.1) is 0 Å². The second-order valence-electron chi connectivity index (χ2n) is 4.37. The van der Waals surface area contributed by atoms with Crippen molar-refractivity contribution in [2.75, 3.05) is 19.8 Å². The van der Waals surface area contributed by atoms with Crippen molar-refractivity contribution in [1.82, 2.24) is 10.6 Å². The number of aliphatic hydroxyl groups is 1. The van der Waals surface area contributed by atoms with E-state index >= 15 is 0 Å². The van der Waals surface area contributed by atoms with Crippen molar-refractivity contribution >= 4 is 6.03 Å². The molecule has 1 rings (SSSR count). The predicted molar refractivity (Wildman–Crippen MR) is 61.2 cm³/mol. The lowest BCUT2D eigenvalue weighted by atomic mass is 10.0. The molecular weight excluding hydrogens is 208 g/mol. The molecule has 5 heteroatoms. The molecule has 0 bridgehead atoms. The van der Waals surface area contributed by atoms with Gasteiger partial charge in [0.2, 0.25) is 0 Å². The summed E-state index contributed by atoms with van der Waals surface area (Å²) >= 11 is 0. The molecule has 3 atom stereocenters. The summed E-state index contributed by atoms with van der Waals surface area (Å²) in [5.41, 5.74) is 0. The molecule has 0 spiro atoms. The SMILES string of the molecule is CCC(C)C(O)CNC(=O)NC1CCOC1. The Hall–Kier alpha value is -0.810. The van der Waals surface area contributed by atoms with Gasteiger partial charge >= 0.3 is 6.03 Å². The zero-order chi connectivity index (χ0) is 12.0. The molecule has 1 fully saturated rings. The molecule has 94 valence electrons. The van der Waals surface area contributed by atoms with Crippen LogP contribution in [0.15, 0.2) is 0 Å². The zero-order valence-electron chi connectivity index (χ0n) is 10.0. The van der Waals surface area contributed by atoms with Gasteiger partial charge in [-0.3, -0.25) is 0 Å². The van der Waals surface area contributed by atoms with Gasteiger partial charge in [-0.05, 0) is 12.3 Å². The fourth-order valence-corrected chi connectivity index (χ4v) is 1.56. The molecule has 0 aromatic heterocycles. The van der Waals surface area contributed by atoms with Crippen LogP contribution in [0.4, 0.5) is 4.79 Å². The number of amides is 2. The Labute approximate surface area is 96.6 Å². The minimum absolute atomic E-state index is 0.112. The largest absolute Gasteiger partial charge is 0.391 e. The second-order valence-corrected chi connectivity index (χ2v) is 4.37. The molecule has 1 aliphatic heterocycles. The maximum absolute atomic E-state index is 11.4. The van der Waals surface area contributed by atoms with E-state index in [1.54, 1.807) is 0 Å². The predicted octanol–water partition coefficient (Wildman–Crippen LogP) is 0.481. The van der Waals surface area contributed by atoms with Crippen LogP contribution in [0.1, 0.15) is 26.7 Å². The van der Waals surface area contributed by atoms with Crippen molar-refractivity contribution in [1.29, 1.82) is 0 Å². The van der Waals surface area contributed by atoms with Gasteiger partial charge in [-0.25, -0.2) is 4.79 Å². The number of carbonyl (C=O) groups is 1. The summed E-state index contributed by atoms with van der Waals surface area (Å²) in [5, 5.41) is 15.1. The van der Waals surface area contributed by atoms with Crippen molar-refractivity contribution in [2.45, 2.75) is 38.8 Å². The zero-order valence-corrected chi connectivity index (χ0v) is 10.0. The fourth-order valence-electron chi connectivity index (χ4n) is 1.56. The third-order valence-electron chi connectivity index (χ3n) is 3.04. The molecule has 1 saturated heterocycles. The lowest BCUT2D eigenvalue weighted by Crippen LogP contribution is -2.45. The summed E-state index contributed by atoms with van der Waals surface area (Å²) in [6, 6.07) is -0.112. The van der Waals surface area contributed by atoms with E-state index in [1.807, 2.05) is 13.8 Å². The van der Waals surface area contributed by atoms with Gasteiger partial charge in [0.1, 0.15) is 0 Å². The molecule has 3 N–H and O–H groups in total. The first kappa shape index (κ1) is 13.3. The van der Waals surface area contributed by atoms with Crippen molar-refractivity contribution < 1.29 is 14.6 Å². The number of hydrogen-bond acceptors (Lipinski definition) is 3. The van der Waals surface area contributed by atoms with Crippen LogP contribution in [-0.2, 0) is 4.74 Å². The van der Waals surface area contributed by atoms with Crippen LogP contribution < -0.4 is 10.6 Å². The van der Waals surface area contributed by atoms with Crippen LogP contribution >= 0.6 is 0 Å². The molecule has 3 unspecified atom stereocenters. The van der Waals surface area contributed by atoms with Crippen LogP contribution in [0.2, 0.25) is 0 Å². The summed E-state index contributed by atoms with van der Waals surface area (Å²) in [7, 11) is 0. The number of carbonyl (C=O) groups excluding carboxylic acids is 1. The summed E-state index contributed by atoms with van der Waals surface area (Å²) in [5.74, 6) is 0.204. The summed E-state index contributed by atoms with van der Waals surface area (Å²) in [6.45, 7) is 5.58. The summed E-state index contributed by atoms with van der Waals surface area (Å²) in [4.78, 5) is 11.4. The molecule has 1 heterocycles. The van der Waals surface area contributed by atoms with E-state index in [1.165, 1.54) is 0 Å². The number of aliphatic hydroxyl groups excluding tert-OH is 1. The number of nitrogens with one attached hydrogen (secondary N) is 2. The molecule has 0 radical (unpaired) electrons. The highest BCUT2D eigenvalue weighted by atomic mass is 16.5. The average molecular weight is 230 g/mol. The standard InChI is InChI=1S/C11H22N2O3/c1-3-8(2)10(14)6-12-11(15)13-9-4-5-16-7-9/h8-10,14H,3-7H2,1-2H3,(H2,12,13,15). The number of urea groups is 1. The van der Waals surface area contributed by atoms with Crippen molar-refractivity contribution in [3.05, 3.63) is 0 Å². The fraction of sp³-hybridized carbons (Fsp3) is 0.909. The van der Waals surface area contributed by atoms with Crippen LogP contribution in [0, 0.1) is 5.92 Å². The number of ether oxygens (including phenoxy) is 1. The van der Waals surface area contributed by atoms with Crippen LogP contribution in [0.25, 0.3) is 0 Å². The summed E-state index contributed by atoms with van der Waals surface area (Å²) in [6.07, 6.45) is 1.29. The van der Waals surface area contributed by atoms with Gasteiger partial charge < -0.3 is 20.5 Å². The van der Waals surface area contributed by atoms with Gasteiger partial charge in [0.25, 0.3) is 0 Å². The molecule has 0 aromatic rings. The highest BCUT2D eigenvalue weighted by Gasteiger charge is 2.18. The van der Waals surface area contributed by atoms with E-state index in [9.17, 15) is 9.90 Å². The number of hydrogen-bond donors (Lipinski definition) is 3. The van der Waals surface area contributed by atoms with E-state index < -0.39 is 6.10 Å². The smallest absolute Gasteiger partial charge is 0.315 e. The first-order chi connectivity index (χ1) is 7.63. The highest BCUT2D eigenvalue weighted by Crippen LogP contribution is 2.06. The van der Waals surface area contributed by atoms with E-state index in [4.69, 9.17) is 4.74 Å². The Kier molecular flexibility index (Phi) is 5.55. The average Bonchev–Trinajstić information content (AvgIpc) is 2.77. The van der Waals surface area contributed by atoms with E-state index in [2.05, 4.69) is 10.6 Å². The van der Waals surface area contributed by atoms with Crippen LogP contribution in [0.3, 0.4) is 0 Å². The Morgan fingerprint density at radius 2 is 2.38 bits per heavy atom. The van der Waals surface area contributed by atoms with Crippen LogP contribution in [0.5, 0.6) is 0 Å². The van der Waals surface area contributed by atoms with Gasteiger partial charge in [0.15, 0.2) is 0 Å². The second kappa shape index (κ2) is 6.70. The molecule has 0 saturated carbocycles. The maximum Gasteiger partial charge on any atom is 0.315 e. The van der Waals surface area contributed by atoms with Crippen molar-refractivity contribution in [3.63, 3.8) is 0 Å². The van der Waals surface area contributed by atoms with Crippen LogP contribution in [-0.4, -0.2) is 43.0 Å². The van der Waals surface area contributed by atoms with Gasteiger partial charge in [0, 0.05) is 13.2 Å². The van der Waals surface area contributed by atoms with Gasteiger partial charge in [-0.2, -0.15) is 0 Å². The first-order valence-corrected chi connectivity index (χ1v) is 5.93. The molecule has 0 aromatic carbocycles. The maximum atomic E-state index is 11.4. The lowest BCUT2D eigenvalue weighted by molar-refractivity contribution is 0.114. The van der Waals surface area contributed by atoms with E-state index in [0.717, 1.165) is 12.8 Å². The van der Waals surface area contributed by atoms with Crippen molar-refractivity contribution in [2.24, 2.45) is 5.92 Å². The highest BCUT2D eigenvalue weighted by molar-refractivity contribution is 5.74. The minimum atomic E-state index is -0.476. The monoisotopic (exact) mass is 230 g/mol. The Bertz CT molecular complexity index is 217. The first-order valence-electron chi connectivity index (χ1n) is 5.93. The summed E-state index contributed by atoms with van der Waals surface area (Å²) < 4.78 is 5.15. The molecule has 1 aliphatic rings. The Morgan fingerprint density at radius 1 is 1.62 bits per heavy atom. The van der Waals surface area contributed by atoms with Gasteiger partial charge in [-0.1, -0.05) is 20.3 Å². The normalized spacial score (nSPS) is 23.8. The third kappa shape index (κ3) is 4.37. The molecule has 16 heavy (non-hydrogen) atoms. The quantitative estimate of drug-likeness (QED) is 0.643. The molecule has 5 nitrogen and oxygen atoms in total. The van der Waals surface area contributed by atoms with E-state index in [0.29, 0.717) is 19.8 Å². The lowest BCUT2D eigenvalue weighted by Gasteiger charge is -2.18. The Balaban J connectivity index is 2.14. The van der Waals surface area contributed by atoms with E-state index in [-0.39, 0.29) is 18.0 Å². The molecular formula is C11H22N2O3. The number of rotatable bonds is 5. The Morgan fingerprint density at radius 3 is 2.94 bits per heavy atom. The molecule has 0 aliphatic carbocycles.